The first-order chi connectivity index (χ1) is 4.54. The van der Waals surface area contributed by atoms with Crippen LogP contribution in [0.3, 0.4) is 0 Å². The lowest BCUT2D eigenvalue weighted by Gasteiger charge is -2.12. The zero-order chi connectivity index (χ0) is 8.20. The molecule has 0 aliphatic heterocycles. The van der Waals surface area contributed by atoms with E-state index < -0.39 is 7.82 Å². The number of phosphoric ester groups is 1. The van der Waals surface area contributed by atoms with Gasteiger partial charge in [0.25, 0.3) is 0 Å². The largest absolute Gasteiger partial charge is 0.529 e. The molecule has 0 radical (unpaired) electrons. The van der Waals surface area contributed by atoms with Crippen molar-refractivity contribution in [2.24, 2.45) is 0 Å². The van der Waals surface area contributed by atoms with Crippen LogP contribution in [0.1, 0.15) is 6.92 Å². The Hall–Kier alpha value is -0.310. The monoisotopic (exact) mass is 166 g/mol. The van der Waals surface area contributed by atoms with Gasteiger partial charge in [-0.2, -0.15) is 0 Å². The second-order valence-corrected chi connectivity index (χ2v) is 3.41. The summed E-state index contributed by atoms with van der Waals surface area (Å²) in [6, 6.07) is 0. The SMILES string of the molecule is C=C(C)OP(=O)(OC)OC. The number of allylic oxidation sites excluding steroid dienone is 1. The van der Waals surface area contributed by atoms with E-state index in [9.17, 15) is 4.57 Å². The summed E-state index contributed by atoms with van der Waals surface area (Å²) in [6.45, 7) is 4.94. The molecular weight excluding hydrogens is 155 g/mol. The van der Waals surface area contributed by atoms with Crippen LogP contribution in [0, 0.1) is 0 Å². The zero-order valence-electron chi connectivity index (χ0n) is 6.29. The number of phosphoric acid groups is 1. The van der Waals surface area contributed by atoms with Crippen molar-refractivity contribution in [2.75, 3.05) is 14.2 Å². The molecule has 0 atom stereocenters. The lowest BCUT2D eigenvalue weighted by atomic mass is 10.7. The summed E-state index contributed by atoms with van der Waals surface area (Å²) in [7, 11) is -0.850. The average Bonchev–Trinajstić information content (AvgIpc) is 1.87. The highest BCUT2D eigenvalue weighted by Gasteiger charge is 2.23. The molecule has 0 unspecified atom stereocenters. The Morgan fingerprint density at radius 2 is 1.80 bits per heavy atom. The van der Waals surface area contributed by atoms with Gasteiger partial charge in [0.2, 0.25) is 0 Å². The Morgan fingerprint density at radius 3 is 1.90 bits per heavy atom. The first-order valence-electron chi connectivity index (χ1n) is 2.60. The van der Waals surface area contributed by atoms with E-state index in [1.54, 1.807) is 6.92 Å². The van der Waals surface area contributed by atoms with E-state index in [1.165, 1.54) is 14.2 Å². The molecule has 0 aromatic carbocycles. The fourth-order valence-corrected chi connectivity index (χ4v) is 1.02. The standard InChI is InChI=1S/C5H11O4P/c1-5(2)9-10(6,7-3)8-4/h1H2,2-4H3. The summed E-state index contributed by atoms with van der Waals surface area (Å²) in [5, 5.41) is 0. The summed E-state index contributed by atoms with van der Waals surface area (Å²) in [6.07, 6.45) is 0. The Labute approximate surface area is 60.4 Å². The van der Waals surface area contributed by atoms with Crippen LogP contribution < -0.4 is 0 Å². The molecule has 0 rings (SSSR count). The van der Waals surface area contributed by atoms with Crippen molar-refractivity contribution in [1.29, 1.82) is 0 Å². The maximum absolute atomic E-state index is 11.0. The summed E-state index contributed by atoms with van der Waals surface area (Å²) < 4.78 is 24.6. The molecule has 10 heavy (non-hydrogen) atoms. The minimum absolute atomic E-state index is 0.298. The van der Waals surface area contributed by atoms with Crippen LogP contribution in [0.25, 0.3) is 0 Å². The first-order valence-corrected chi connectivity index (χ1v) is 4.07. The predicted molar refractivity (Wildman–Crippen MR) is 37.5 cm³/mol. The van der Waals surface area contributed by atoms with Gasteiger partial charge in [-0.1, -0.05) is 6.58 Å². The van der Waals surface area contributed by atoms with Crippen LogP contribution in [0.15, 0.2) is 12.3 Å². The van der Waals surface area contributed by atoms with E-state index in [1.807, 2.05) is 0 Å². The van der Waals surface area contributed by atoms with Gasteiger partial charge in [-0.05, 0) is 6.92 Å². The van der Waals surface area contributed by atoms with Gasteiger partial charge >= 0.3 is 7.82 Å². The Bertz CT molecular complexity index is 157. The molecule has 4 nitrogen and oxygen atoms in total. The molecule has 60 valence electrons. The van der Waals surface area contributed by atoms with Gasteiger partial charge in [-0.15, -0.1) is 0 Å². The maximum Gasteiger partial charge on any atom is 0.529 e. The van der Waals surface area contributed by atoms with Crippen molar-refractivity contribution >= 4 is 7.82 Å². The van der Waals surface area contributed by atoms with E-state index in [2.05, 4.69) is 20.2 Å². The fourth-order valence-electron chi connectivity index (χ4n) is 0.340. The van der Waals surface area contributed by atoms with Crippen molar-refractivity contribution in [2.45, 2.75) is 6.92 Å². The molecule has 0 saturated heterocycles. The second-order valence-electron chi connectivity index (χ2n) is 1.61. The number of hydrogen-bond donors (Lipinski definition) is 0. The smallest absolute Gasteiger partial charge is 0.409 e. The summed E-state index contributed by atoms with van der Waals surface area (Å²) in [5.74, 6) is 0.298. The number of rotatable bonds is 4. The van der Waals surface area contributed by atoms with Gasteiger partial charge in [-0.3, -0.25) is 9.05 Å². The predicted octanol–water partition coefficient (Wildman–Crippen LogP) is 1.94. The summed E-state index contributed by atoms with van der Waals surface area (Å²) >= 11 is 0. The average molecular weight is 166 g/mol. The molecule has 0 spiro atoms. The highest BCUT2D eigenvalue weighted by atomic mass is 31.2. The quantitative estimate of drug-likeness (QED) is 0.472. The van der Waals surface area contributed by atoms with E-state index in [-0.39, 0.29) is 0 Å². The third-order valence-corrected chi connectivity index (χ3v) is 2.14. The van der Waals surface area contributed by atoms with E-state index in [0.29, 0.717) is 5.76 Å². The topological polar surface area (TPSA) is 44.8 Å². The van der Waals surface area contributed by atoms with E-state index in [4.69, 9.17) is 0 Å². The molecular formula is C5H11O4P. The third kappa shape index (κ3) is 3.01. The van der Waals surface area contributed by atoms with Gasteiger partial charge in [0, 0.05) is 14.2 Å². The lowest BCUT2D eigenvalue weighted by molar-refractivity contribution is 0.184. The molecule has 0 fully saturated rings. The van der Waals surface area contributed by atoms with Crippen LogP contribution in [-0.2, 0) is 18.1 Å². The normalized spacial score (nSPS) is 11.1. The van der Waals surface area contributed by atoms with Crippen LogP contribution in [0.2, 0.25) is 0 Å². The molecule has 0 aromatic heterocycles. The van der Waals surface area contributed by atoms with Crippen molar-refractivity contribution in [3.63, 3.8) is 0 Å². The lowest BCUT2D eigenvalue weighted by Crippen LogP contribution is -1.91. The van der Waals surface area contributed by atoms with Gasteiger partial charge in [0.15, 0.2) is 0 Å². The summed E-state index contributed by atoms with van der Waals surface area (Å²) in [4.78, 5) is 0. The minimum atomic E-state index is -3.34. The van der Waals surface area contributed by atoms with Crippen LogP contribution in [0.4, 0.5) is 0 Å². The van der Waals surface area contributed by atoms with Gasteiger partial charge in [0.1, 0.15) is 0 Å². The van der Waals surface area contributed by atoms with E-state index in [0.717, 1.165) is 0 Å². The highest BCUT2D eigenvalue weighted by molar-refractivity contribution is 7.48. The van der Waals surface area contributed by atoms with Crippen molar-refractivity contribution in [3.05, 3.63) is 12.3 Å². The highest BCUT2D eigenvalue weighted by Crippen LogP contribution is 2.49. The molecule has 0 aromatic rings. The maximum atomic E-state index is 11.0. The van der Waals surface area contributed by atoms with E-state index >= 15 is 0 Å². The van der Waals surface area contributed by atoms with Gasteiger partial charge in [0.05, 0.1) is 5.76 Å². The Balaban J connectivity index is 4.07. The molecule has 0 N–H and O–H groups in total. The molecule has 0 aliphatic rings. The Morgan fingerprint density at radius 1 is 1.40 bits per heavy atom. The molecule has 0 aliphatic carbocycles. The minimum Gasteiger partial charge on any atom is -0.409 e. The molecule has 0 amide bonds. The van der Waals surface area contributed by atoms with Gasteiger partial charge < -0.3 is 4.52 Å². The van der Waals surface area contributed by atoms with Crippen molar-refractivity contribution in [3.8, 4) is 0 Å². The Kier molecular flexibility index (Phi) is 3.64. The first kappa shape index (κ1) is 9.69. The second kappa shape index (κ2) is 3.76. The van der Waals surface area contributed by atoms with Gasteiger partial charge in [-0.25, -0.2) is 4.57 Å². The van der Waals surface area contributed by atoms with Crippen LogP contribution >= 0.6 is 7.82 Å². The van der Waals surface area contributed by atoms with Crippen molar-refractivity contribution in [1.82, 2.24) is 0 Å². The molecule has 5 heteroatoms. The number of hydrogen-bond acceptors (Lipinski definition) is 4. The van der Waals surface area contributed by atoms with Crippen LogP contribution in [0.5, 0.6) is 0 Å². The zero-order valence-corrected chi connectivity index (χ0v) is 7.18. The molecule has 0 bridgehead atoms. The molecule has 0 saturated carbocycles. The van der Waals surface area contributed by atoms with Crippen molar-refractivity contribution < 1.29 is 18.1 Å². The molecule has 0 heterocycles. The third-order valence-electron chi connectivity index (χ3n) is 0.715. The summed E-state index contributed by atoms with van der Waals surface area (Å²) in [5.41, 5.74) is 0. The van der Waals surface area contributed by atoms with Crippen LogP contribution in [-0.4, -0.2) is 14.2 Å². The fraction of sp³-hybridized carbons (Fsp3) is 0.600.